The third-order valence-electron chi connectivity index (χ3n) is 3.18. The highest BCUT2D eigenvalue weighted by molar-refractivity contribution is 7.14. The molecular formula is C17H13ClN2OS. The van der Waals surface area contributed by atoms with Gasteiger partial charge in [-0.2, -0.15) is 0 Å². The Kier molecular flexibility index (Phi) is 4.51. The molecule has 0 spiro atoms. The van der Waals surface area contributed by atoms with Crippen LogP contribution in [0.1, 0.15) is 5.56 Å². The number of thiophene rings is 1. The van der Waals surface area contributed by atoms with Crippen molar-refractivity contribution in [2.24, 2.45) is 0 Å². The van der Waals surface area contributed by atoms with Crippen LogP contribution in [0.15, 0.2) is 60.2 Å². The van der Waals surface area contributed by atoms with E-state index < -0.39 is 0 Å². The van der Waals surface area contributed by atoms with E-state index in [4.69, 9.17) is 11.6 Å². The van der Waals surface area contributed by atoms with E-state index in [9.17, 15) is 4.79 Å². The summed E-state index contributed by atoms with van der Waals surface area (Å²) in [6, 6.07) is 13.2. The molecule has 0 bridgehead atoms. The molecule has 22 heavy (non-hydrogen) atoms. The summed E-state index contributed by atoms with van der Waals surface area (Å²) in [5.74, 6) is -0.0729. The zero-order valence-electron chi connectivity index (χ0n) is 11.6. The van der Waals surface area contributed by atoms with Crippen molar-refractivity contribution in [3.05, 3.63) is 70.8 Å². The van der Waals surface area contributed by atoms with Gasteiger partial charge in [0.1, 0.15) is 0 Å². The normalized spacial score (nSPS) is 10.4. The summed E-state index contributed by atoms with van der Waals surface area (Å²) in [6.07, 6.45) is 3.77. The maximum atomic E-state index is 12.1. The largest absolute Gasteiger partial charge is 0.317 e. The quantitative estimate of drug-likeness (QED) is 0.757. The predicted molar refractivity (Wildman–Crippen MR) is 91.3 cm³/mol. The number of nitrogens with zero attached hydrogens (tertiary/aromatic N) is 1. The molecule has 0 atom stereocenters. The van der Waals surface area contributed by atoms with E-state index in [0.717, 1.165) is 21.7 Å². The first kappa shape index (κ1) is 14.8. The minimum absolute atomic E-state index is 0.0729. The lowest BCUT2D eigenvalue weighted by atomic mass is 10.1. The van der Waals surface area contributed by atoms with Crippen molar-refractivity contribution < 1.29 is 4.79 Å². The van der Waals surface area contributed by atoms with Gasteiger partial charge in [-0.15, -0.1) is 11.3 Å². The van der Waals surface area contributed by atoms with Crippen LogP contribution in [0.4, 0.5) is 5.00 Å². The molecule has 1 N–H and O–H groups in total. The number of rotatable bonds is 4. The summed E-state index contributed by atoms with van der Waals surface area (Å²) in [6.45, 7) is 0. The number of aromatic nitrogens is 1. The van der Waals surface area contributed by atoms with E-state index in [0.29, 0.717) is 5.02 Å². The number of hydrogen-bond donors (Lipinski definition) is 1. The van der Waals surface area contributed by atoms with E-state index in [1.54, 1.807) is 18.5 Å². The van der Waals surface area contributed by atoms with Gasteiger partial charge in [0.05, 0.1) is 11.4 Å². The first-order valence-corrected chi connectivity index (χ1v) is 8.00. The second-order valence-corrected chi connectivity index (χ2v) is 6.07. The zero-order valence-corrected chi connectivity index (χ0v) is 13.2. The Balaban J connectivity index is 1.68. The molecule has 0 aliphatic heterocycles. The number of nitrogens with one attached hydrogen (secondary N) is 1. The van der Waals surface area contributed by atoms with E-state index in [1.807, 2.05) is 41.8 Å². The van der Waals surface area contributed by atoms with E-state index in [1.165, 1.54) is 11.3 Å². The van der Waals surface area contributed by atoms with Crippen molar-refractivity contribution in [1.82, 2.24) is 4.98 Å². The molecule has 0 aliphatic rings. The van der Waals surface area contributed by atoms with Crippen molar-refractivity contribution in [2.45, 2.75) is 6.42 Å². The zero-order chi connectivity index (χ0) is 15.4. The van der Waals surface area contributed by atoms with Crippen LogP contribution in [0.5, 0.6) is 0 Å². The molecule has 3 aromatic rings. The van der Waals surface area contributed by atoms with Crippen LogP contribution in [0.25, 0.3) is 11.1 Å². The van der Waals surface area contributed by atoms with Crippen LogP contribution in [0.2, 0.25) is 5.02 Å². The maximum Gasteiger partial charge on any atom is 0.229 e. The number of halogens is 1. The SMILES string of the molecule is O=C(Cc1ccccc1Cl)Nc1cc(-c2ccncc2)cs1. The Bertz CT molecular complexity index is 786. The van der Waals surface area contributed by atoms with Crippen LogP contribution in [0.3, 0.4) is 0 Å². The van der Waals surface area contributed by atoms with Crippen molar-refractivity contribution in [3.8, 4) is 11.1 Å². The van der Waals surface area contributed by atoms with E-state index in [2.05, 4.69) is 10.3 Å². The van der Waals surface area contributed by atoms with Gasteiger partial charge in [-0.05, 0) is 41.0 Å². The van der Waals surface area contributed by atoms with Gasteiger partial charge in [-0.1, -0.05) is 29.8 Å². The molecule has 0 unspecified atom stereocenters. The molecule has 3 rings (SSSR count). The number of anilines is 1. The lowest BCUT2D eigenvalue weighted by Gasteiger charge is -2.04. The summed E-state index contributed by atoms with van der Waals surface area (Å²) >= 11 is 7.57. The highest BCUT2D eigenvalue weighted by Gasteiger charge is 2.09. The van der Waals surface area contributed by atoms with E-state index in [-0.39, 0.29) is 12.3 Å². The maximum absolute atomic E-state index is 12.1. The first-order chi connectivity index (χ1) is 10.7. The Hall–Kier alpha value is -2.17. The van der Waals surface area contributed by atoms with Gasteiger partial charge in [0.15, 0.2) is 0 Å². The Morgan fingerprint density at radius 2 is 1.91 bits per heavy atom. The number of carbonyl (C=O) groups excluding carboxylic acids is 1. The standard InChI is InChI=1S/C17H13ClN2OS/c18-15-4-2-1-3-13(15)9-16(21)20-17-10-14(11-22-17)12-5-7-19-8-6-12/h1-8,10-11H,9H2,(H,20,21). The monoisotopic (exact) mass is 328 g/mol. The molecule has 2 heterocycles. The van der Waals surface area contributed by atoms with Crippen molar-refractivity contribution in [3.63, 3.8) is 0 Å². The summed E-state index contributed by atoms with van der Waals surface area (Å²) in [5.41, 5.74) is 2.98. The molecule has 1 amide bonds. The predicted octanol–water partition coefficient (Wildman–Crippen LogP) is 4.64. The number of pyridine rings is 1. The Morgan fingerprint density at radius 3 is 2.68 bits per heavy atom. The molecular weight excluding hydrogens is 316 g/mol. The van der Waals surface area contributed by atoms with Crippen LogP contribution >= 0.6 is 22.9 Å². The molecule has 0 radical (unpaired) electrons. The minimum atomic E-state index is -0.0729. The van der Waals surface area contributed by atoms with Crippen LogP contribution < -0.4 is 5.32 Å². The number of carbonyl (C=O) groups is 1. The van der Waals surface area contributed by atoms with Crippen LogP contribution in [-0.4, -0.2) is 10.9 Å². The fraction of sp³-hybridized carbons (Fsp3) is 0.0588. The number of hydrogen-bond acceptors (Lipinski definition) is 3. The molecule has 1 aromatic carbocycles. The lowest BCUT2D eigenvalue weighted by Crippen LogP contribution is -2.13. The topological polar surface area (TPSA) is 42.0 Å². The van der Waals surface area contributed by atoms with Crippen LogP contribution in [-0.2, 0) is 11.2 Å². The fourth-order valence-corrected chi connectivity index (χ4v) is 3.12. The van der Waals surface area contributed by atoms with Gasteiger partial charge in [0.2, 0.25) is 5.91 Å². The summed E-state index contributed by atoms with van der Waals surface area (Å²) in [5, 5.41) is 6.36. The number of benzene rings is 1. The average Bonchev–Trinajstić information content (AvgIpc) is 2.99. The summed E-state index contributed by atoms with van der Waals surface area (Å²) in [4.78, 5) is 16.1. The van der Waals surface area contributed by atoms with E-state index >= 15 is 0 Å². The molecule has 0 fully saturated rings. The molecule has 2 aromatic heterocycles. The molecule has 0 saturated carbocycles. The first-order valence-electron chi connectivity index (χ1n) is 6.74. The fourth-order valence-electron chi connectivity index (χ4n) is 2.09. The Labute approximate surface area is 137 Å². The minimum Gasteiger partial charge on any atom is -0.317 e. The third kappa shape index (κ3) is 3.53. The van der Waals surface area contributed by atoms with Crippen molar-refractivity contribution in [1.29, 1.82) is 0 Å². The van der Waals surface area contributed by atoms with Gasteiger partial charge in [0, 0.05) is 22.8 Å². The Morgan fingerprint density at radius 1 is 1.14 bits per heavy atom. The van der Waals surface area contributed by atoms with Crippen LogP contribution in [0, 0.1) is 0 Å². The summed E-state index contributed by atoms with van der Waals surface area (Å²) < 4.78 is 0. The van der Waals surface area contributed by atoms with Crippen molar-refractivity contribution >= 4 is 33.8 Å². The molecule has 110 valence electrons. The number of amides is 1. The second-order valence-electron chi connectivity index (χ2n) is 4.75. The molecule has 3 nitrogen and oxygen atoms in total. The van der Waals surface area contributed by atoms with Gasteiger partial charge in [-0.25, -0.2) is 0 Å². The lowest BCUT2D eigenvalue weighted by molar-refractivity contribution is -0.115. The highest BCUT2D eigenvalue weighted by Crippen LogP contribution is 2.28. The van der Waals surface area contributed by atoms with Gasteiger partial charge >= 0.3 is 0 Å². The molecule has 0 aliphatic carbocycles. The summed E-state index contributed by atoms with van der Waals surface area (Å²) in [7, 11) is 0. The molecule has 5 heteroatoms. The van der Waals surface area contributed by atoms with Crippen molar-refractivity contribution in [2.75, 3.05) is 5.32 Å². The van der Waals surface area contributed by atoms with Gasteiger partial charge in [-0.3, -0.25) is 9.78 Å². The highest BCUT2D eigenvalue weighted by atomic mass is 35.5. The van der Waals surface area contributed by atoms with Gasteiger partial charge < -0.3 is 5.32 Å². The smallest absolute Gasteiger partial charge is 0.229 e. The third-order valence-corrected chi connectivity index (χ3v) is 4.40. The molecule has 0 saturated heterocycles. The second kappa shape index (κ2) is 6.73. The average molecular weight is 329 g/mol. The van der Waals surface area contributed by atoms with Gasteiger partial charge in [0.25, 0.3) is 0 Å².